The largest absolute Gasteiger partial charge is 0.466 e. The Labute approximate surface area is 82.1 Å². The van der Waals surface area contributed by atoms with Crippen LogP contribution in [0, 0.1) is 0 Å². The molecule has 12 heavy (non-hydrogen) atoms. The fourth-order valence-corrected chi connectivity index (χ4v) is 0.542. The SMILES string of the molecule is CCOC(=O)CC(=O)OCC.[Cu]. The quantitative estimate of drug-likeness (QED) is 0.396. The second kappa shape index (κ2) is 8.56. The van der Waals surface area contributed by atoms with E-state index in [-0.39, 0.29) is 36.7 Å². The molecule has 1 radical (unpaired) electrons. The molecule has 0 fully saturated rings. The van der Waals surface area contributed by atoms with E-state index in [1.165, 1.54) is 0 Å². The van der Waals surface area contributed by atoms with Gasteiger partial charge in [0.15, 0.2) is 0 Å². The third-order valence-electron chi connectivity index (χ3n) is 0.899. The third kappa shape index (κ3) is 7.57. The standard InChI is InChI=1S/C7H12O4.Cu/c1-3-10-6(8)5-7(9)11-4-2;/h3-5H2,1-2H3;. The van der Waals surface area contributed by atoms with Crippen LogP contribution in [0.25, 0.3) is 0 Å². The van der Waals surface area contributed by atoms with Crippen molar-refractivity contribution in [1.82, 2.24) is 0 Å². The maximum Gasteiger partial charge on any atom is 0.317 e. The van der Waals surface area contributed by atoms with Crippen LogP contribution in [0.3, 0.4) is 0 Å². The van der Waals surface area contributed by atoms with Crippen molar-refractivity contribution in [2.45, 2.75) is 20.3 Å². The summed E-state index contributed by atoms with van der Waals surface area (Å²) in [6.45, 7) is 3.95. The van der Waals surface area contributed by atoms with Crippen molar-refractivity contribution >= 4 is 11.9 Å². The monoisotopic (exact) mass is 223 g/mol. The number of hydrogen-bond donors (Lipinski definition) is 0. The zero-order valence-corrected chi connectivity index (χ0v) is 8.00. The van der Waals surface area contributed by atoms with Crippen LogP contribution in [0.5, 0.6) is 0 Å². The summed E-state index contributed by atoms with van der Waals surface area (Å²) in [5, 5.41) is 0. The summed E-state index contributed by atoms with van der Waals surface area (Å²) in [6.07, 6.45) is -0.290. The molecule has 0 atom stereocenters. The Morgan fingerprint density at radius 2 is 1.33 bits per heavy atom. The summed E-state index contributed by atoms with van der Waals surface area (Å²) >= 11 is 0. The molecule has 0 aromatic carbocycles. The van der Waals surface area contributed by atoms with Gasteiger partial charge in [-0.1, -0.05) is 0 Å². The predicted octanol–water partition coefficient (Wildman–Crippen LogP) is 0.500. The second-order valence-electron chi connectivity index (χ2n) is 1.79. The van der Waals surface area contributed by atoms with Gasteiger partial charge in [-0.2, -0.15) is 0 Å². The van der Waals surface area contributed by atoms with Crippen LogP contribution in [0.1, 0.15) is 20.3 Å². The molecule has 0 aromatic rings. The van der Waals surface area contributed by atoms with E-state index in [9.17, 15) is 9.59 Å². The van der Waals surface area contributed by atoms with Crippen molar-refractivity contribution in [2.75, 3.05) is 13.2 Å². The van der Waals surface area contributed by atoms with E-state index in [4.69, 9.17) is 0 Å². The van der Waals surface area contributed by atoms with E-state index in [1.54, 1.807) is 13.8 Å². The predicted molar refractivity (Wildman–Crippen MR) is 37.9 cm³/mol. The molecule has 0 aliphatic rings. The van der Waals surface area contributed by atoms with Gasteiger partial charge >= 0.3 is 11.9 Å². The van der Waals surface area contributed by atoms with Crippen LogP contribution in [0.4, 0.5) is 0 Å². The van der Waals surface area contributed by atoms with Crippen LogP contribution in [-0.4, -0.2) is 25.2 Å². The topological polar surface area (TPSA) is 52.6 Å². The minimum atomic E-state index is -0.536. The minimum Gasteiger partial charge on any atom is -0.466 e. The van der Waals surface area contributed by atoms with E-state index in [2.05, 4.69) is 9.47 Å². The first kappa shape index (κ1) is 14.0. The van der Waals surface area contributed by atoms with Crippen molar-refractivity contribution < 1.29 is 36.1 Å². The van der Waals surface area contributed by atoms with Crippen molar-refractivity contribution in [2.24, 2.45) is 0 Å². The first-order valence-electron chi connectivity index (χ1n) is 3.52. The summed E-state index contributed by atoms with van der Waals surface area (Å²) in [4.78, 5) is 21.2. The molecule has 0 N–H and O–H groups in total. The van der Waals surface area contributed by atoms with Gasteiger partial charge in [-0.3, -0.25) is 9.59 Å². The summed E-state index contributed by atoms with van der Waals surface area (Å²) < 4.78 is 9.04. The van der Waals surface area contributed by atoms with Crippen molar-refractivity contribution in [3.63, 3.8) is 0 Å². The fraction of sp³-hybridized carbons (Fsp3) is 0.714. The molecule has 75 valence electrons. The fourth-order valence-electron chi connectivity index (χ4n) is 0.542. The van der Waals surface area contributed by atoms with Gasteiger partial charge in [-0.15, -0.1) is 0 Å². The Balaban J connectivity index is 0. The third-order valence-corrected chi connectivity index (χ3v) is 0.899. The maximum absolute atomic E-state index is 10.6. The molecule has 0 aromatic heterocycles. The summed E-state index contributed by atoms with van der Waals surface area (Å²) in [7, 11) is 0. The van der Waals surface area contributed by atoms with Crippen LogP contribution in [0.15, 0.2) is 0 Å². The van der Waals surface area contributed by atoms with Gasteiger partial charge in [-0.05, 0) is 13.8 Å². The van der Waals surface area contributed by atoms with Crippen LogP contribution >= 0.6 is 0 Å². The van der Waals surface area contributed by atoms with Gasteiger partial charge in [0, 0.05) is 17.1 Å². The van der Waals surface area contributed by atoms with Crippen LogP contribution < -0.4 is 0 Å². The van der Waals surface area contributed by atoms with Gasteiger partial charge in [0.1, 0.15) is 6.42 Å². The number of esters is 2. The molecular weight excluding hydrogens is 212 g/mol. The maximum atomic E-state index is 10.6. The van der Waals surface area contributed by atoms with E-state index < -0.39 is 11.9 Å². The summed E-state index contributed by atoms with van der Waals surface area (Å²) in [6, 6.07) is 0. The molecule has 5 heteroatoms. The number of rotatable bonds is 4. The molecule has 0 unspecified atom stereocenters. The average molecular weight is 224 g/mol. The molecule has 0 rings (SSSR count). The summed E-state index contributed by atoms with van der Waals surface area (Å²) in [5.74, 6) is -1.07. The van der Waals surface area contributed by atoms with E-state index in [0.29, 0.717) is 0 Å². The van der Waals surface area contributed by atoms with Crippen molar-refractivity contribution in [3.8, 4) is 0 Å². The molecule has 0 aliphatic heterocycles. The number of carbonyl (C=O) groups excluding carboxylic acids is 2. The number of hydrogen-bond acceptors (Lipinski definition) is 4. The molecular formula is C7H12CuO4. The molecule has 0 heterocycles. The van der Waals surface area contributed by atoms with E-state index >= 15 is 0 Å². The zero-order valence-electron chi connectivity index (χ0n) is 7.06. The zero-order chi connectivity index (χ0) is 8.69. The molecule has 0 saturated heterocycles. The first-order valence-corrected chi connectivity index (χ1v) is 3.52. The smallest absolute Gasteiger partial charge is 0.317 e. The van der Waals surface area contributed by atoms with Crippen molar-refractivity contribution in [3.05, 3.63) is 0 Å². The molecule has 4 nitrogen and oxygen atoms in total. The Bertz CT molecular complexity index is 130. The molecule has 0 saturated carbocycles. The Morgan fingerprint density at radius 1 is 1.00 bits per heavy atom. The molecule has 0 bridgehead atoms. The van der Waals surface area contributed by atoms with Crippen LogP contribution in [0.2, 0.25) is 0 Å². The van der Waals surface area contributed by atoms with E-state index in [0.717, 1.165) is 0 Å². The molecule has 0 spiro atoms. The van der Waals surface area contributed by atoms with Crippen molar-refractivity contribution in [1.29, 1.82) is 0 Å². The van der Waals surface area contributed by atoms with E-state index in [1.807, 2.05) is 0 Å². The minimum absolute atomic E-state index is 0. The van der Waals surface area contributed by atoms with Gasteiger partial charge in [0.2, 0.25) is 0 Å². The van der Waals surface area contributed by atoms with Gasteiger partial charge < -0.3 is 9.47 Å². The van der Waals surface area contributed by atoms with Crippen LogP contribution in [-0.2, 0) is 36.1 Å². The normalized spacial score (nSPS) is 8.17. The van der Waals surface area contributed by atoms with Gasteiger partial charge in [0.05, 0.1) is 13.2 Å². The Kier molecular flexibility index (Phi) is 9.99. The number of ether oxygens (including phenoxy) is 2. The summed E-state index contributed by atoms with van der Waals surface area (Å²) in [5.41, 5.74) is 0. The molecule has 0 amide bonds. The Hall–Kier alpha value is -0.541. The average Bonchev–Trinajstić information content (AvgIpc) is 1.87. The molecule has 0 aliphatic carbocycles. The van der Waals surface area contributed by atoms with Gasteiger partial charge in [0.25, 0.3) is 0 Å². The Morgan fingerprint density at radius 3 is 1.58 bits per heavy atom. The second-order valence-corrected chi connectivity index (χ2v) is 1.79. The number of carbonyl (C=O) groups is 2. The first-order chi connectivity index (χ1) is 5.20. The van der Waals surface area contributed by atoms with Gasteiger partial charge in [-0.25, -0.2) is 0 Å².